The van der Waals surface area contributed by atoms with E-state index in [1.165, 1.54) is 3.97 Å². The lowest BCUT2D eigenvalue weighted by molar-refractivity contribution is 0.585. The molecular weight excluding hydrogens is 418 g/mol. The number of hydrogen-bond donors (Lipinski definition) is 1. The molecule has 5 nitrogen and oxygen atoms in total. The molecule has 32 heavy (non-hydrogen) atoms. The van der Waals surface area contributed by atoms with Crippen LogP contribution in [0.15, 0.2) is 91.1 Å². The number of piperazine rings is 1. The average Bonchev–Trinajstić information content (AvgIpc) is 3.30. The minimum atomic E-state index is -3.60. The van der Waals surface area contributed by atoms with Crippen LogP contribution >= 0.6 is 0 Å². The van der Waals surface area contributed by atoms with Gasteiger partial charge in [0.05, 0.1) is 11.3 Å². The van der Waals surface area contributed by atoms with E-state index in [1.54, 1.807) is 6.20 Å². The van der Waals surface area contributed by atoms with Crippen molar-refractivity contribution >= 4 is 26.6 Å². The van der Waals surface area contributed by atoms with Gasteiger partial charge >= 0.3 is 0 Å². The number of fused-ring (bicyclic) bond motifs is 1. The van der Waals surface area contributed by atoms with Gasteiger partial charge in [0.2, 0.25) is 10.0 Å². The monoisotopic (exact) mass is 445 g/mol. The molecule has 0 atom stereocenters. The number of nitrogens with one attached hydrogen (secondary N) is 1. The van der Waals surface area contributed by atoms with Gasteiger partial charge in [0, 0.05) is 49.4 Å². The molecule has 164 valence electrons. The topological polar surface area (TPSA) is 54.3 Å². The zero-order valence-electron chi connectivity index (χ0n) is 17.9. The Morgan fingerprint density at radius 1 is 0.781 bits per heavy atom. The van der Waals surface area contributed by atoms with Gasteiger partial charge < -0.3 is 10.2 Å². The molecule has 5 rings (SSSR count). The van der Waals surface area contributed by atoms with Gasteiger partial charge in [-0.2, -0.15) is 0 Å². The molecular formula is C26H27N3O2S. The van der Waals surface area contributed by atoms with Gasteiger partial charge in [-0.15, -0.1) is 0 Å². The fourth-order valence-electron chi connectivity index (χ4n) is 4.60. The van der Waals surface area contributed by atoms with Gasteiger partial charge in [0.15, 0.2) is 0 Å². The summed E-state index contributed by atoms with van der Waals surface area (Å²) in [5, 5.41) is 4.35. The first-order valence-corrected chi connectivity index (χ1v) is 12.6. The van der Waals surface area contributed by atoms with E-state index >= 15 is 0 Å². The molecule has 0 amide bonds. The molecule has 1 fully saturated rings. The van der Waals surface area contributed by atoms with E-state index in [-0.39, 0.29) is 11.7 Å². The van der Waals surface area contributed by atoms with Crippen LogP contribution in [0.5, 0.6) is 0 Å². The second kappa shape index (κ2) is 8.81. The van der Waals surface area contributed by atoms with Crippen molar-refractivity contribution in [1.82, 2.24) is 9.29 Å². The van der Waals surface area contributed by atoms with Crippen LogP contribution in [0.1, 0.15) is 17.0 Å². The van der Waals surface area contributed by atoms with Crippen LogP contribution < -0.4 is 10.2 Å². The molecule has 0 radical (unpaired) electrons. The van der Waals surface area contributed by atoms with E-state index in [4.69, 9.17) is 0 Å². The molecule has 3 aromatic carbocycles. The molecule has 0 unspecified atom stereocenters. The van der Waals surface area contributed by atoms with E-state index in [0.717, 1.165) is 53.9 Å². The third kappa shape index (κ3) is 4.04. The first kappa shape index (κ1) is 20.8. The molecule has 1 aliphatic heterocycles. The SMILES string of the molecule is O=S(=O)(CC(c1ccccc1)c1ccccc1)n1ccc2c(N3CCNCC3)cccc21. The van der Waals surface area contributed by atoms with E-state index in [9.17, 15) is 8.42 Å². The molecule has 4 aromatic rings. The number of rotatable bonds is 6. The maximum atomic E-state index is 13.7. The minimum absolute atomic E-state index is 0.00265. The fraction of sp³-hybridized carbons (Fsp3) is 0.231. The molecule has 0 aliphatic carbocycles. The third-order valence-electron chi connectivity index (χ3n) is 6.21. The molecule has 1 aliphatic rings. The van der Waals surface area contributed by atoms with Crippen molar-refractivity contribution in [2.75, 3.05) is 36.8 Å². The highest BCUT2D eigenvalue weighted by molar-refractivity contribution is 7.90. The van der Waals surface area contributed by atoms with E-state index in [0.29, 0.717) is 0 Å². The second-order valence-corrected chi connectivity index (χ2v) is 10.1. The Hall–Kier alpha value is -3.09. The maximum absolute atomic E-state index is 13.7. The van der Waals surface area contributed by atoms with Crippen molar-refractivity contribution in [3.05, 3.63) is 102 Å². The fourth-order valence-corrected chi connectivity index (χ4v) is 6.27. The minimum Gasteiger partial charge on any atom is -0.368 e. The van der Waals surface area contributed by atoms with Crippen molar-refractivity contribution in [2.45, 2.75) is 5.92 Å². The molecule has 0 spiro atoms. The number of aromatic nitrogens is 1. The van der Waals surface area contributed by atoms with E-state index < -0.39 is 10.0 Å². The summed E-state index contributed by atoms with van der Waals surface area (Å²) in [5.74, 6) is -0.237. The zero-order chi connectivity index (χ0) is 22.0. The summed E-state index contributed by atoms with van der Waals surface area (Å²) in [6, 6.07) is 27.6. The normalized spacial score (nSPS) is 14.8. The van der Waals surface area contributed by atoms with Gasteiger partial charge in [-0.1, -0.05) is 66.7 Å². The maximum Gasteiger partial charge on any atom is 0.239 e. The first-order chi connectivity index (χ1) is 15.6. The lowest BCUT2D eigenvalue weighted by Crippen LogP contribution is -2.43. The van der Waals surface area contributed by atoms with Gasteiger partial charge in [-0.05, 0) is 29.3 Å². The Kier molecular flexibility index (Phi) is 5.72. The molecule has 0 saturated carbocycles. The predicted molar refractivity (Wildman–Crippen MR) is 131 cm³/mol. The molecule has 1 N–H and O–H groups in total. The average molecular weight is 446 g/mol. The summed E-state index contributed by atoms with van der Waals surface area (Å²) < 4.78 is 28.8. The predicted octanol–water partition coefficient (Wildman–Crippen LogP) is 4.06. The summed E-state index contributed by atoms with van der Waals surface area (Å²) in [7, 11) is -3.60. The quantitative estimate of drug-likeness (QED) is 0.486. The van der Waals surface area contributed by atoms with E-state index in [1.807, 2.05) is 78.9 Å². The number of hydrogen-bond acceptors (Lipinski definition) is 4. The Morgan fingerprint density at radius 3 is 2.03 bits per heavy atom. The molecule has 1 aromatic heterocycles. The molecule has 2 heterocycles. The smallest absolute Gasteiger partial charge is 0.239 e. The van der Waals surface area contributed by atoms with Crippen LogP contribution in [0.4, 0.5) is 5.69 Å². The van der Waals surface area contributed by atoms with E-state index in [2.05, 4.69) is 16.3 Å². The van der Waals surface area contributed by atoms with Gasteiger partial charge in [0.1, 0.15) is 0 Å². The first-order valence-electron chi connectivity index (χ1n) is 11.0. The number of benzene rings is 3. The second-order valence-electron chi connectivity index (χ2n) is 8.21. The Balaban J connectivity index is 1.54. The van der Waals surface area contributed by atoms with Crippen molar-refractivity contribution in [3.63, 3.8) is 0 Å². The van der Waals surface area contributed by atoms with Gasteiger partial charge in [0.25, 0.3) is 0 Å². The largest absolute Gasteiger partial charge is 0.368 e. The van der Waals surface area contributed by atoms with Crippen LogP contribution in [0.3, 0.4) is 0 Å². The van der Waals surface area contributed by atoms with Crippen LogP contribution in [0.2, 0.25) is 0 Å². The standard InChI is InChI=1S/C26H27N3O2S/c30-32(31,20-24(21-8-3-1-4-9-21)22-10-5-2-6-11-22)29-17-14-23-25(12-7-13-26(23)29)28-18-15-27-16-19-28/h1-14,17,24,27H,15-16,18-20H2. The van der Waals surface area contributed by atoms with Gasteiger partial charge in [-0.25, -0.2) is 12.4 Å². The summed E-state index contributed by atoms with van der Waals surface area (Å²) in [6.45, 7) is 3.71. The third-order valence-corrected chi connectivity index (χ3v) is 7.89. The zero-order valence-corrected chi connectivity index (χ0v) is 18.7. The Bertz CT molecular complexity index is 1260. The number of nitrogens with zero attached hydrogens (tertiary/aromatic N) is 2. The highest BCUT2D eigenvalue weighted by Gasteiger charge is 2.25. The summed E-state index contributed by atoms with van der Waals surface area (Å²) in [5.41, 5.74) is 3.84. The van der Waals surface area contributed by atoms with Crippen molar-refractivity contribution in [3.8, 4) is 0 Å². The highest BCUT2D eigenvalue weighted by atomic mass is 32.2. The summed E-state index contributed by atoms with van der Waals surface area (Å²) in [4.78, 5) is 2.33. The van der Waals surface area contributed by atoms with Crippen LogP contribution in [0.25, 0.3) is 10.9 Å². The molecule has 0 bridgehead atoms. The Labute approximate surface area is 189 Å². The van der Waals surface area contributed by atoms with Crippen molar-refractivity contribution < 1.29 is 8.42 Å². The molecule has 1 saturated heterocycles. The van der Waals surface area contributed by atoms with Crippen LogP contribution in [0, 0.1) is 0 Å². The lowest BCUT2D eigenvalue weighted by Gasteiger charge is -2.30. The van der Waals surface area contributed by atoms with Crippen LogP contribution in [-0.4, -0.2) is 44.3 Å². The summed E-state index contributed by atoms with van der Waals surface area (Å²) in [6.07, 6.45) is 1.71. The van der Waals surface area contributed by atoms with Crippen molar-refractivity contribution in [1.29, 1.82) is 0 Å². The summed E-state index contributed by atoms with van der Waals surface area (Å²) >= 11 is 0. The lowest BCUT2D eigenvalue weighted by atomic mass is 9.93. The molecule has 6 heteroatoms. The van der Waals surface area contributed by atoms with Gasteiger partial charge in [-0.3, -0.25) is 0 Å². The highest BCUT2D eigenvalue weighted by Crippen LogP contribution is 2.31. The van der Waals surface area contributed by atoms with Crippen LogP contribution in [-0.2, 0) is 10.0 Å². The number of anilines is 1. The Morgan fingerprint density at radius 2 is 1.41 bits per heavy atom. The van der Waals surface area contributed by atoms with Crippen molar-refractivity contribution in [2.24, 2.45) is 0 Å².